The van der Waals surface area contributed by atoms with Crippen LogP contribution in [0.1, 0.15) is 11.1 Å². The Balaban J connectivity index is 1.53. The summed E-state index contributed by atoms with van der Waals surface area (Å²) in [6.07, 6.45) is 3.26. The topological polar surface area (TPSA) is 69.0 Å². The van der Waals surface area contributed by atoms with E-state index in [-0.39, 0.29) is 5.91 Å². The number of methoxy groups -OCH3 is 1. The van der Waals surface area contributed by atoms with Gasteiger partial charge in [-0.05, 0) is 60.5 Å². The van der Waals surface area contributed by atoms with Gasteiger partial charge in [0.2, 0.25) is 5.91 Å². The lowest BCUT2D eigenvalue weighted by molar-refractivity contribution is -0.111. The fourth-order valence-corrected chi connectivity index (χ4v) is 2.94. The number of nitrogens with one attached hydrogen (secondary N) is 1. The van der Waals surface area contributed by atoms with Crippen LogP contribution in [-0.2, 0) is 4.79 Å². The first kappa shape index (κ1) is 18.4. The summed E-state index contributed by atoms with van der Waals surface area (Å²) in [7, 11) is 1.62. The number of ether oxygens (including phenoxy) is 1. The summed E-state index contributed by atoms with van der Waals surface area (Å²) in [6.45, 7) is 1.93. The predicted octanol–water partition coefficient (Wildman–Crippen LogP) is 4.39. The molecule has 1 N–H and O–H groups in total. The molecule has 0 spiro atoms. The van der Waals surface area contributed by atoms with Gasteiger partial charge in [-0.15, -0.1) is 10.2 Å². The van der Waals surface area contributed by atoms with E-state index in [1.165, 1.54) is 6.08 Å². The fourth-order valence-electron chi connectivity index (χ4n) is 2.94. The number of aromatic nitrogens is 3. The highest BCUT2D eigenvalue weighted by Gasteiger charge is 2.09. The van der Waals surface area contributed by atoms with Crippen molar-refractivity contribution in [1.29, 1.82) is 0 Å². The summed E-state index contributed by atoms with van der Waals surface area (Å²) >= 11 is 0. The summed E-state index contributed by atoms with van der Waals surface area (Å²) in [5.74, 6) is 0.567. The van der Waals surface area contributed by atoms with Gasteiger partial charge in [-0.25, -0.2) is 0 Å². The monoisotopic (exact) mass is 384 g/mol. The van der Waals surface area contributed by atoms with Crippen molar-refractivity contribution in [2.45, 2.75) is 6.92 Å². The Hall–Kier alpha value is -3.93. The van der Waals surface area contributed by atoms with Crippen molar-refractivity contribution >= 4 is 28.7 Å². The van der Waals surface area contributed by atoms with E-state index in [0.717, 1.165) is 28.1 Å². The first-order chi connectivity index (χ1) is 14.1. The van der Waals surface area contributed by atoms with Crippen LogP contribution in [0.2, 0.25) is 0 Å². The van der Waals surface area contributed by atoms with Crippen molar-refractivity contribution in [3.63, 3.8) is 0 Å². The fraction of sp³-hybridized carbons (Fsp3) is 0.0870. The number of carbonyl (C=O) groups is 1. The Morgan fingerprint density at radius 2 is 1.69 bits per heavy atom. The molecule has 0 unspecified atom stereocenters. The van der Waals surface area contributed by atoms with Crippen LogP contribution in [0.3, 0.4) is 0 Å². The summed E-state index contributed by atoms with van der Waals surface area (Å²) in [6, 6.07) is 21.0. The number of nitrogens with zero attached hydrogens (tertiary/aromatic N) is 3. The van der Waals surface area contributed by atoms with E-state index in [1.54, 1.807) is 18.0 Å². The molecule has 4 rings (SSSR count). The maximum absolute atomic E-state index is 12.4. The third-order valence-electron chi connectivity index (χ3n) is 4.51. The van der Waals surface area contributed by atoms with Gasteiger partial charge in [0, 0.05) is 11.8 Å². The molecule has 0 atom stereocenters. The second-order valence-electron chi connectivity index (χ2n) is 6.58. The van der Waals surface area contributed by atoms with Crippen LogP contribution in [0.4, 0.5) is 5.69 Å². The largest absolute Gasteiger partial charge is 0.497 e. The summed E-state index contributed by atoms with van der Waals surface area (Å²) in [5, 5.41) is 12.0. The predicted molar refractivity (Wildman–Crippen MR) is 114 cm³/mol. The Bertz CT molecular complexity index is 1180. The van der Waals surface area contributed by atoms with Gasteiger partial charge < -0.3 is 10.1 Å². The van der Waals surface area contributed by atoms with E-state index < -0.39 is 0 Å². The van der Waals surface area contributed by atoms with Crippen LogP contribution in [0.5, 0.6) is 5.75 Å². The molecule has 3 aromatic carbocycles. The molecular formula is C23H20N4O2. The van der Waals surface area contributed by atoms with Gasteiger partial charge in [-0.3, -0.25) is 4.79 Å². The molecular weight excluding hydrogens is 364 g/mol. The third-order valence-corrected chi connectivity index (χ3v) is 4.51. The Kier molecular flexibility index (Phi) is 5.07. The van der Waals surface area contributed by atoms with E-state index >= 15 is 0 Å². The minimum Gasteiger partial charge on any atom is -0.497 e. The van der Waals surface area contributed by atoms with Crippen LogP contribution in [0.15, 0.2) is 72.8 Å². The van der Waals surface area contributed by atoms with E-state index in [9.17, 15) is 4.79 Å². The molecule has 29 heavy (non-hydrogen) atoms. The summed E-state index contributed by atoms with van der Waals surface area (Å²) in [5.41, 5.74) is 4.92. The molecule has 1 heterocycles. The third kappa shape index (κ3) is 4.16. The minimum absolute atomic E-state index is 0.210. The van der Waals surface area contributed by atoms with Gasteiger partial charge in [-0.1, -0.05) is 30.3 Å². The van der Waals surface area contributed by atoms with Crippen molar-refractivity contribution in [2.24, 2.45) is 0 Å². The normalized spacial score (nSPS) is 11.1. The molecule has 1 amide bonds. The second-order valence-corrected chi connectivity index (χ2v) is 6.58. The Morgan fingerprint density at radius 1 is 1.00 bits per heavy atom. The number of amides is 1. The Labute approximate surface area is 168 Å². The van der Waals surface area contributed by atoms with Crippen LogP contribution in [0, 0.1) is 6.92 Å². The number of aryl methyl sites for hydroxylation is 1. The lowest BCUT2D eigenvalue weighted by Crippen LogP contribution is -2.08. The van der Waals surface area contributed by atoms with E-state index in [0.29, 0.717) is 11.2 Å². The highest BCUT2D eigenvalue weighted by molar-refractivity contribution is 6.03. The molecule has 0 radical (unpaired) electrons. The lowest BCUT2D eigenvalue weighted by atomic mass is 10.1. The van der Waals surface area contributed by atoms with Gasteiger partial charge in [0.05, 0.1) is 12.8 Å². The Morgan fingerprint density at radius 3 is 2.38 bits per heavy atom. The van der Waals surface area contributed by atoms with Crippen molar-refractivity contribution in [3.8, 4) is 11.4 Å². The van der Waals surface area contributed by atoms with E-state index in [1.807, 2.05) is 73.7 Å². The van der Waals surface area contributed by atoms with Gasteiger partial charge in [0.25, 0.3) is 0 Å². The molecule has 6 heteroatoms. The molecule has 0 saturated carbocycles. The van der Waals surface area contributed by atoms with Crippen molar-refractivity contribution in [1.82, 2.24) is 15.0 Å². The standard InChI is InChI=1S/C23H20N4O2/c1-16-14-21-22(26-27(25-21)18-6-4-3-5-7-18)15-20(16)24-23(28)13-10-17-8-11-19(29-2)12-9-17/h3-15H,1-2H3,(H,24,28)/b13-10+. The molecule has 0 aliphatic heterocycles. The summed E-state index contributed by atoms with van der Waals surface area (Å²) < 4.78 is 5.14. The lowest BCUT2D eigenvalue weighted by Gasteiger charge is -2.05. The van der Waals surface area contributed by atoms with Crippen LogP contribution in [-0.4, -0.2) is 28.0 Å². The number of hydrogen-bond donors (Lipinski definition) is 1. The van der Waals surface area contributed by atoms with Gasteiger partial charge in [0.15, 0.2) is 0 Å². The number of fused-ring (bicyclic) bond motifs is 1. The number of hydrogen-bond acceptors (Lipinski definition) is 4. The van der Waals surface area contributed by atoms with Gasteiger partial charge in [0.1, 0.15) is 16.8 Å². The zero-order valence-electron chi connectivity index (χ0n) is 16.2. The minimum atomic E-state index is -0.210. The molecule has 0 aliphatic rings. The number of carbonyl (C=O) groups excluding carboxylic acids is 1. The maximum Gasteiger partial charge on any atom is 0.248 e. The zero-order chi connectivity index (χ0) is 20.2. The highest BCUT2D eigenvalue weighted by Crippen LogP contribution is 2.22. The van der Waals surface area contributed by atoms with Crippen LogP contribution < -0.4 is 10.1 Å². The molecule has 0 saturated heterocycles. The van der Waals surface area contributed by atoms with Crippen molar-refractivity contribution in [3.05, 3.63) is 83.9 Å². The number of para-hydroxylation sites is 1. The molecule has 0 fully saturated rings. The average Bonchev–Trinajstić information content (AvgIpc) is 3.16. The number of rotatable bonds is 5. The average molecular weight is 384 g/mol. The molecule has 0 aliphatic carbocycles. The smallest absolute Gasteiger partial charge is 0.248 e. The molecule has 6 nitrogen and oxygen atoms in total. The maximum atomic E-state index is 12.4. The number of benzene rings is 3. The van der Waals surface area contributed by atoms with E-state index in [2.05, 4.69) is 15.5 Å². The highest BCUT2D eigenvalue weighted by atomic mass is 16.5. The quantitative estimate of drug-likeness (QED) is 0.518. The van der Waals surface area contributed by atoms with Crippen molar-refractivity contribution in [2.75, 3.05) is 12.4 Å². The molecule has 1 aromatic heterocycles. The van der Waals surface area contributed by atoms with E-state index in [4.69, 9.17) is 4.74 Å². The molecule has 144 valence electrons. The van der Waals surface area contributed by atoms with Crippen LogP contribution in [0.25, 0.3) is 22.8 Å². The van der Waals surface area contributed by atoms with Crippen LogP contribution >= 0.6 is 0 Å². The SMILES string of the molecule is COc1ccc(/C=C/C(=O)Nc2cc3nn(-c4ccccc4)nc3cc2C)cc1. The first-order valence-corrected chi connectivity index (χ1v) is 9.18. The van der Waals surface area contributed by atoms with Crippen molar-refractivity contribution < 1.29 is 9.53 Å². The zero-order valence-corrected chi connectivity index (χ0v) is 16.2. The molecule has 4 aromatic rings. The first-order valence-electron chi connectivity index (χ1n) is 9.18. The second kappa shape index (κ2) is 7.98. The molecule has 0 bridgehead atoms. The summed E-state index contributed by atoms with van der Waals surface area (Å²) in [4.78, 5) is 14.0. The van der Waals surface area contributed by atoms with Gasteiger partial charge >= 0.3 is 0 Å². The number of anilines is 1. The van der Waals surface area contributed by atoms with Gasteiger partial charge in [-0.2, -0.15) is 4.80 Å².